The van der Waals surface area contributed by atoms with E-state index in [1.165, 1.54) is 0 Å². The van der Waals surface area contributed by atoms with Crippen molar-refractivity contribution in [2.75, 3.05) is 6.54 Å². The summed E-state index contributed by atoms with van der Waals surface area (Å²) in [5, 5.41) is 3.86. The molecule has 1 aromatic heterocycles. The number of carbonyl (C=O) groups is 1. The number of fused-ring (bicyclic) bond motifs is 3. The van der Waals surface area contributed by atoms with Crippen molar-refractivity contribution in [3.63, 3.8) is 0 Å². The zero-order valence-corrected chi connectivity index (χ0v) is 9.52. The van der Waals surface area contributed by atoms with Gasteiger partial charge >= 0.3 is 0 Å². The maximum Gasteiger partial charge on any atom is 0.253 e. The highest BCUT2D eigenvalue weighted by molar-refractivity contribution is 9.10. The molecule has 76 valence electrons. The van der Waals surface area contributed by atoms with Crippen molar-refractivity contribution in [3.8, 4) is 0 Å². The lowest BCUT2D eigenvalue weighted by molar-refractivity contribution is 0.0947. The Balaban J connectivity index is 2.38. The molecule has 0 unspecified atom stereocenters. The average molecular weight is 265 g/mol. The fraction of sp³-hybridized carbons (Fsp3) is 0.182. The van der Waals surface area contributed by atoms with Gasteiger partial charge in [0.2, 0.25) is 0 Å². The van der Waals surface area contributed by atoms with Crippen molar-refractivity contribution in [2.45, 2.75) is 6.42 Å². The second kappa shape index (κ2) is 3.10. The van der Waals surface area contributed by atoms with Gasteiger partial charge in [0.05, 0.1) is 5.56 Å². The van der Waals surface area contributed by atoms with Crippen LogP contribution in [0.4, 0.5) is 0 Å². The number of aromatic nitrogens is 1. The van der Waals surface area contributed by atoms with Crippen LogP contribution >= 0.6 is 15.9 Å². The normalized spacial score (nSPS) is 15.1. The molecule has 0 fully saturated rings. The maximum atomic E-state index is 11.7. The molecular formula is C11H9BrN2O. The number of rotatable bonds is 0. The van der Waals surface area contributed by atoms with Gasteiger partial charge in [0.25, 0.3) is 5.91 Å². The Labute approximate surface area is 95.0 Å². The summed E-state index contributed by atoms with van der Waals surface area (Å²) < 4.78 is 0.996. The van der Waals surface area contributed by atoms with E-state index in [0.717, 1.165) is 39.6 Å². The van der Waals surface area contributed by atoms with Gasteiger partial charge in [0.15, 0.2) is 0 Å². The SMILES string of the molecule is O=C1NCCc2[nH]c3ccc(Br)cc3c21. The molecule has 0 saturated carbocycles. The van der Waals surface area contributed by atoms with E-state index in [9.17, 15) is 4.79 Å². The monoisotopic (exact) mass is 264 g/mol. The standard InChI is InChI=1S/C11H9BrN2O/c12-6-1-2-8-7(5-6)10-9(14-8)3-4-13-11(10)15/h1-2,5,14H,3-4H2,(H,13,15). The Hall–Kier alpha value is -1.29. The van der Waals surface area contributed by atoms with Gasteiger partial charge in [0, 0.05) is 34.0 Å². The van der Waals surface area contributed by atoms with Gasteiger partial charge < -0.3 is 10.3 Å². The van der Waals surface area contributed by atoms with E-state index in [1.807, 2.05) is 18.2 Å². The summed E-state index contributed by atoms with van der Waals surface area (Å²) in [4.78, 5) is 15.0. The van der Waals surface area contributed by atoms with Gasteiger partial charge in [-0.1, -0.05) is 15.9 Å². The van der Waals surface area contributed by atoms with Gasteiger partial charge in [0.1, 0.15) is 0 Å². The summed E-state index contributed by atoms with van der Waals surface area (Å²) in [5.74, 6) is 0.0283. The van der Waals surface area contributed by atoms with Crippen LogP contribution in [-0.2, 0) is 6.42 Å². The largest absolute Gasteiger partial charge is 0.358 e. The number of nitrogens with one attached hydrogen (secondary N) is 2. The van der Waals surface area contributed by atoms with Crippen LogP contribution in [0.2, 0.25) is 0 Å². The van der Waals surface area contributed by atoms with Crippen molar-refractivity contribution >= 4 is 32.7 Å². The van der Waals surface area contributed by atoms with Gasteiger partial charge in [-0.05, 0) is 18.2 Å². The molecule has 1 aromatic carbocycles. The summed E-state index contributed by atoms with van der Waals surface area (Å²) in [6.45, 7) is 0.722. The molecule has 1 amide bonds. The minimum atomic E-state index is 0.0283. The third-order valence-corrected chi connectivity index (χ3v) is 3.22. The molecule has 0 bridgehead atoms. The zero-order chi connectivity index (χ0) is 10.4. The molecule has 0 atom stereocenters. The smallest absolute Gasteiger partial charge is 0.253 e. The predicted octanol–water partition coefficient (Wildman–Crippen LogP) is 2.22. The van der Waals surface area contributed by atoms with Crippen LogP contribution < -0.4 is 5.32 Å². The topological polar surface area (TPSA) is 44.9 Å². The summed E-state index contributed by atoms with van der Waals surface area (Å²) in [6.07, 6.45) is 0.882. The van der Waals surface area contributed by atoms with Crippen LogP contribution in [0, 0.1) is 0 Å². The van der Waals surface area contributed by atoms with Gasteiger partial charge in [-0.2, -0.15) is 0 Å². The van der Waals surface area contributed by atoms with Crippen molar-refractivity contribution in [2.24, 2.45) is 0 Å². The number of amides is 1. The van der Waals surface area contributed by atoms with Crippen molar-refractivity contribution < 1.29 is 4.79 Å². The highest BCUT2D eigenvalue weighted by atomic mass is 79.9. The third-order valence-electron chi connectivity index (χ3n) is 2.73. The van der Waals surface area contributed by atoms with Gasteiger partial charge in [-0.25, -0.2) is 0 Å². The third kappa shape index (κ3) is 1.28. The molecule has 2 aromatic rings. The van der Waals surface area contributed by atoms with Gasteiger partial charge in [-0.15, -0.1) is 0 Å². The second-order valence-corrected chi connectivity index (χ2v) is 4.59. The number of benzene rings is 1. The summed E-state index contributed by atoms with van der Waals surface area (Å²) in [5.41, 5.74) is 2.88. The van der Waals surface area contributed by atoms with Crippen molar-refractivity contribution in [1.82, 2.24) is 10.3 Å². The van der Waals surface area contributed by atoms with Crippen LogP contribution in [0.15, 0.2) is 22.7 Å². The molecule has 3 rings (SSSR count). The highest BCUT2D eigenvalue weighted by Crippen LogP contribution is 2.27. The number of halogens is 1. The molecule has 0 aliphatic carbocycles. The molecule has 0 radical (unpaired) electrons. The summed E-state index contributed by atoms with van der Waals surface area (Å²) in [6, 6.07) is 5.95. The minimum Gasteiger partial charge on any atom is -0.358 e. The minimum absolute atomic E-state index is 0.0283. The molecule has 1 aliphatic heterocycles. The number of hydrogen-bond donors (Lipinski definition) is 2. The maximum absolute atomic E-state index is 11.7. The molecule has 0 saturated heterocycles. The Morgan fingerprint density at radius 3 is 3.07 bits per heavy atom. The Morgan fingerprint density at radius 2 is 2.20 bits per heavy atom. The molecule has 3 nitrogen and oxygen atoms in total. The van der Waals surface area contributed by atoms with E-state index in [-0.39, 0.29) is 5.91 Å². The van der Waals surface area contributed by atoms with Crippen molar-refractivity contribution in [3.05, 3.63) is 33.9 Å². The molecule has 2 heterocycles. The van der Waals surface area contributed by atoms with Crippen LogP contribution in [-0.4, -0.2) is 17.4 Å². The molecule has 2 N–H and O–H groups in total. The second-order valence-electron chi connectivity index (χ2n) is 3.67. The first kappa shape index (κ1) is 8.97. The van der Waals surface area contributed by atoms with Crippen LogP contribution in [0.3, 0.4) is 0 Å². The number of aromatic amines is 1. The van der Waals surface area contributed by atoms with Crippen molar-refractivity contribution in [1.29, 1.82) is 0 Å². The first-order valence-electron chi connectivity index (χ1n) is 4.84. The van der Waals surface area contributed by atoms with Gasteiger partial charge in [-0.3, -0.25) is 4.79 Å². The summed E-state index contributed by atoms with van der Waals surface area (Å²) >= 11 is 3.42. The molecule has 0 spiro atoms. The molecule has 4 heteroatoms. The number of hydrogen-bond acceptors (Lipinski definition) is 1. The van der Waals surface area contributed by atoms with E-state index in [2.05, 4.69) is 26.2 Å². The lowest BCUT2D eigenvalue weighted by Crippen LogP contribution is -2.31. The lowest BCUT2D eigenvalue weighted by Gasteiger charge is -2.11. The highest BCUT2D eigenvalue weighted by Gasteiger charge is 2.21. The molecule has 1 aliphatic rings. The van der Waals surface area contributed by atoms with E-state index < -0.39 is 0 Å². The number of carbonyl (C=O) groups excluding carboxylic acids is 1. The van der Waals surface area contributed by atoms with E-state index in [0.29, 0.717) is 0 Å². The molecular weight excluding hydrogens is 256 g/mol. The fourth-order valence-corrected chi connectivity index (χ4v) is 2.42. The van der Waals surface area contributed by atoms with E-state index in [4.69, 9.17) is 0 Å². The average Bonchev–Trinajstić information content (AvgIpc) is 2.57. The number of H-pyrrole nitrogens is 1. The Kier molecular flexibility index (Phi) is 1.85. The predicted molar refractivity (Wildman–Crippen MR) is 62.0 cm³/mol. The quantitative estimate of drug-likeness (QED) is 0.753. The van der Waals surface area contributed by atoms with Crippen LogP contribution in [0.5, 0.6) is 0 Å². The zero-order valence-electron chi connectivity index (χ0n) is 7.93. The Bertz CT molecular complexity index is 559. The lowest BCUT2D eigenvalue weighted by atomic mass is 10.1. The summed E-state index contributed by atoms with van der Waals surface area (Å²) in [7, 11) is 0. The van der Waals surface area contributed by atoms with E-state index in [1.54, 1.807) is 0 Å². The van der Waals surface area contributed by atoms with E-state index >= 15 is 0 Å². The first-order valence-corrected chi connectivity index (χ1v) is 5.63. The molecule has 15 heavy (non-hydrogen) atoms. The fourth-order valence-electron chi connectivity index (χ4n) is 2.06. The van der Waals surface area contributed by atoms with Crippen LogP contribution in [0.25, 0.3) is 10.9 Å². The van der Waals surface area contributed by atoms with Crippen LogP contribution in [0.1, 0.15) is 16.1 Å². The Morgan fingerprint density at radius 1 is 1.33 bits per heavy atom. The first-order chi connectivity index (χ1) is 7.25.